The van der Waals surface area contributed by atoms with Crippen molar-refractivity contribution in [3.8, 4) is 0 Å². The van der Waals surface area contributed by atoms with Gasteiger partial charge in [-0.1, -0.05) is 0 Å². The van der Waals surface area contributed by atoms with Crippen molar-refractivity contribution >= 4 is 5.91 Å². The maximum atomic E-state index is 11.8. The van der Waals surface area contributed by atoms with Gasteiger partial charge in [-0.3, -0.25) is 4.79 Å². The zero-order valence-corrected chi connectivity index (χ0v) is 7.55. The lowest BCUT2D eigenvalue weighted by Crippen LogP contribution is -2.40. The van der Waals surface area contributed by atoms with E-state index in [4.69, 9.17) is 5.73 Å². The van der Waals surface area contributed by atoms with Crippen molar-refractivity contribution in [1.82, 2.24) is 4.90 Å². The molecule has 2 aliphatic rings. The van der Waals surface area contributed by atoms with E-state index in [1.54, 1.807) is 0 Å². The lowest BCUT2D eigenvalue weighted by atomic mass is 9.81. The molecule has 0 spiro atoms. The van der Waals surface area contributed by atoms with Crippen LogP contribution in [-0.4, -0.2) is 30.9 Å². The molecule has 1 unspecified atom stereocenters. The molecule has 1 atom stereocenters. The summed E-state index contributed by atoms with van der Waals surface area (Å²) in [6, 6.07) is 0. The second kappa shape index (κ2) is 2.46. The topological polar surface area (TPSA) is 46.3 Å². The lowest BCUT2D eigenvalue weighted by molar-refractivity contribution is -0.135. The minimum atomic E-state index is -0.158. The molecule has 1 aliphatic carbocycles. The summed E-state index contributed by atoms with van der Waals surface area (Å²) in [5.74, 6) is 0.882. The summed E-state index contributed by atoms with van der Waals surface area (Å²) in [6.07, 6.45) is 3.39. The molecule has 2 rings (SSSR count). The van der Waals surface area contributed by atoms with Crippen LogP contribution < -0.4 is 5.73 Å². The van der Waals surface area contributed by atoms with E-state index in [0.29, 0.717) is 12.5 Å². The Morgan fingerprint density at radius 3 is 2.67 bits per heavy atom. The molecule has 2 N–H and O–H groups in total. The van der Waals surface area contributed by atoms with Gasteiger partial charge < -0.3 is 10.6 Å². The van der Waals surface area contributed by atoms with Gasteiger partial charge in [-0.2, -0.15) is 0 Å². The van der Waals surface area contributed by atoms with Crippen LogP contribution in [0.1, 0.15) is 19.3 Å². The second-order valence-electron chi connectivity index (χ2n) is 4.11. The van der Waals surface area contributed by atoms with E-state index in [1.165, 1.54) is 12.8 Å². The number of carbonyl (C=O) groups excluding carboxylic acids is 1. The molecular formula is C9H16N2O. The number of nitrogens with two attached hydrogens (primary N) is 1. The molecule has 12 heavy (non-hydrogen) atoms. The first-order valence-electron chi connectivity index (χ1n) is 4.66. The molecule has 2 fully saturated rings. The van der Waals surface area contributed by atoms with Gasteiger partial charge in [0.05, 0.1) is 5.41 Å². The third kappa shape index (κ3) is 0.891. The van der Waals surface area contributed by atoms with Crippen molar-refractivity contribution in [3.05, 3.63) is 0 Å². The maximum absolute atomic E-state index is 11.8. The van der Waals surface area contributed by atoms with E-state index >= 15 is 0 Å². The summed E-state index contributed by atoms with van der Waals surface area (Å²) in [6.45, 7) is 1.44. The third-order valence-corrected chi connectivity index (χ3v) is 3.39. The maximum Gasteiger partial charge on any atom is 0.230 e. The highest BCUT2D eigenvalue weighted by Crippen LogP contribution is 2.50. The second-order valence-corrected chi connectivity index (χ2v) is 4.11. The van der Waals surface area contributed by atoms with Crippen molar-refractivity contribution < 1.29 is 4.79 Å². The zero-order chi connectivity index (χ0) is 8.77. The largest absolute Gasteiger partial charge is 0.345 e. The van der Waals surface area contributed by atoms with Gasteiger partial charge in [0.15, 0.2) is 0 Å². The normalized spacial score (nSPS) is 36.2. The number of rotatable bonds is 2. The Bertz CT molecular complexity index is 213. The Hall–Kier alpha value is -0.570. The fraction of sp³-hybridized carbons (Fsp3) is 0.889. The molecule has 68 valence electrons. The standard InChI is InChI=1S/C9H16N2O/c1-11-5-4-9(6-10,8(11)12)7-2-3-7/h7H,2-6,10H2,1H3. The smallest absolute Gasteiger partial charge is 0.230 e. The van der Waals surface area contributed by atoms with Gasteiger partial charge >= 0.3 is 0 Å². The Morgan fingerprint density at radius 2 is 2.33 bits per heavy atom. The Kier molecular flexibility index (Phi) is 1.65. The fourth-order valence-corrected chi connectivity index (χ4v) is 2.33. The predicted molar refractivity (Wildman–Crippen MR) is 46.5 cm³/mol. The number of hydrogen-bond acceptors (Lipinski definition) is 2. The molecule has 0 aromatic rings. The molecule has 0 radical (unpaired) electrons. The predicted octanol–water partition coefficient (Wildman–Crippen LogP) is 0.204. The quantitative estimate of drug-likeness (QED) is 0.640. The number of carbonyl (C=O) groups is 1. The van der Waals surface area contributed by atoms with Crippen LogP contribution in [0.15, 0.2) is 0 Å². The zero-order valence-electron chi connectivity index (χ0n) is 7.55. The van der Waals surface area contributed by atoms with Crippen LogP contribution in [0.4, 0.5) is 0 Å². The molecule has 3 heteroatoms. The van der Waals surface area contributed by atoms with E-state index in [1.807, 2.05) is 11.9 Å². The van der Waals surface area contributed by atoms with Crippen molar-refractivity contribution in [3.63, 3.8) is 0 Å². The summed E-state index contributed by atoms with van der Waals surface area (Å²) in [5, 5.41) is 0. The van der Waals surface area contributed by atoms with Gasteiger partial charge in [0.25, 0.3) is 0 Å². The lowest BCUT2D eigenvalue weighted by Gasteiger charge is -2.24. The highest BCUT2D eigenvalue weighted by molar-refractivity contribution is 5.85. The van der Waals surface area contributed by atoms with E-state index in [-0.39, 0.29) is 11.3 Å². The number of likely N-dealkylation sites (tertiary alicyclic amines) is 1. The first-order chi connectivity index (χ1) is 5.70. The Balaban J connectivity index is 2.22. The van der Waals surface area contributed by atoms with Crippen molar-refractivity contribution in [2.45, 2.75) is 19.3 Å². The van der Waals surface area contributed by atoms with Crippen LogP contribution in [-0.2, 0) is 4.79 Å². The van der Waals surface area contributed by atoms with Crippen LogP contribution in [0.25, 0.3) is 0 Å². The average molecular weight is 168 g/mol. The van der Waals surface area contributed by atoms with E-state index < -0.39 is 0 Å². The third-order valence-electron chi connectivity index (χ3n) is 3.39. The summed E-state index contributed by atoms with van der Waals surface area (Å²) in [4.78, 5) is 13.6. The highest BCUT2D eigenvalue weighted by Gasteiger charge is 2.53. The number of amides is 1. The first-order valence-corrected chi connectivity index (χ1v) is 4.66. The molecule has 1 amide bonds. The molecule has 1 saturated carbocycles. The van der Waals surface area contributed by atoms with Crippen LogP contribution in [0, 0.1) is 11.3 Å². The summed E-state index contributed by atoms with van der Waals surface area (Å²) < 4.78 is 0. The van der Waals surface area contributed by atoms with E-state index in [9.17, 15) is 4.79 Å². The average Bonchev–Trinajstić information content (AvgIpc) is 2.86. The minimum absolute atomic E-state index is 0.158. The molecule has 0 aromatic carbocycles. The minimum Gasteiger partial charge on any atom is -0.345 e. The van der Waals surface area contributed by atoms with Crippen molar-refractivity contribution in [2.75, 3.05) is 20.1 Å². The van der Waals surface area contributed by atoms with E-state index in [0.717, 1.165) is 13.0 Å². The van der Waals surface area contributed by atoms with Crippen LogP contribution in [0.2, 0.25) is 0 Å². The highest BCUT2D eigenvalue weighted by atomic mass is 16.2. The fourth-order valence-electron chi connectivity index (χ4n) is 2.33. The molecule has 0 bridgehead atoms. The molecule has 0 aromatic heterocycles. The number of nitrogens with zero attached hydrogens (tertiary/aromatic N) is 1. The monoisotopic (exact) mass is 168 g/mol. The first kappa shape index (κ1) is 8.05. The summed E-state index contributed by atoms with van der Waals surface area (Å²) in [7, 11) is 1.88. The Labute approximate surface area is 72.9 Å². The number of hydrogen-bond donors (Lipinski definition) is 1. The van der Waals surface area contributed by atoms with Gasteiger partial charge in [-0.25, -0.2) is 0 Å². The van der Waals surface area contributed by atoms with Crippen LogP contribution in [0.3, 0.4) is 0 Å². The summed E-state index contributed by atoms with van der Waals surface area (Å²) >= 11 is 0. The van der Waals surface area contributed by atoms with Gasteiger partial charge in [0, 0.05) is 20.1 Å². The molecule has 3 nitrogen and oxygen atoms in total. The Morgan fingerprint density at radius 1 is 1.67 bits per heavy atom. The SMILES string of the molecule is CN1CCC(CN)(C2CC2)C1=O. The van der Waals surface area contributed by atoms with Crippen LogP contribution in [0.5, 0.6) is 0 Å². The van der Waals surface area contributed by atoms with Gasteiger partial charge in [-0.05, 0) is 25.2 Å². The molecule has 1 saturated heterocycles. The molecule has 1 aliphatic heterocycles. The molecule has 1 heterocycles. The van der Waals surface area contributed by atoms with Gasteiger partial charge in [0.2, 0.25) is 5.91 Å². The van der Waals surface area contributed by atoms with Crippen molar-refractivity contribution in [1.29, 1.82) is 0 Å². The van der Waals surface area contributed by atoms with E-state index in [2.05, 4.69) is 0 Å². The molecular weight excluding hydrogens is 152 g/mol. The summed E-state index contributed by atoms with van der Waals surface area (Å²) in [5.41, 5.74) is 5.56. The van der Waals surface area contributed by atoms with Gasteiger partial charge in [-0.15, -0.1) is 0 Å². The van der Waals surface area contributed by atoms with Gasteiger partial charge in [0.1, 0.15) is 0 Å². The van der Waals surface area contributed by atoms with Crippen molar-refractivity contribution in [2.24, 2.45) is 17.1 Å². The van der Waals surface area contributed by atoms with Crippen LogP contribution >= 0.6 is 0 Å².